The predicted octanol–water partition coefficient (Wildman–Crippen LogP) is -0.747. The minimum absolute atomic E-state index is 0. The van der Waals surface area contributed by atoms with Crippen LogP contribution in [0.15, 0.2) is 44.9 Å². The molecule has 10 nitrogen and oxygen atoms in total. The summed E-state index contributed by atoms with van der Waals surface area (Å²) in [5.41, 5.74) is 14.9. The van der Waals surface area contributed by atoms with Crippen LogP contribution in [0.1, 0.15) is 33.3 Å². The molecule has 1 amide bonds. The number of nitrogens with two attached hydrogens (primary N) is 1. The van der Waals surface area contributed by atoms with Gasteiger partial charge in [-0.05, 0) is 20.0 Å². The predicted molar refractivity (Wildman–Crippen MR) is 107 cm³/mol. The van der Waals surface area contributed by atoms with Gasteiger partial charge >= 0.3 is 18.9 Å². The number of aryl methyl sites for hydroxylation is 2. The summed E-state index contributed by atoms with van der Waals surface area (Å²) in [6.07, 6.45) is 0.500. The summed E-state index contributed by atoms with van der Waals surface area (Å²) in [7, 11) is 0. The molecule has 2 aromatic heterocycles. The van der Waals surface area contributed by atoms with E-state index in [1.165, 1.54) is 12.5 Å². The van der Waals surface area contributed by atoms with Gasteiger partial charge in [0.25, 0.3) is 11.5 Å². The quantitative estimate of drug-likeness (QED) is 0.192. The van der Waals surface area contributed by atoms with Crippen molar-refractivity contribution >= 4 is 22.8 Å². The zero-order chi connectivity index (χ0) is 21.7. The largest absolute Gasteiger partial charge is 1.00 e. The van der Waals surface area contributed by atoms with E-state index in [-0.39, 0.29) is 47.8 Å². The van der Waals surface area contributed by atoms with E-state index < -0.39 is 23.4 Å². The summed E-state index contributed by atoms with van der Waals surface area (Å²) in [4.78, 5) is 27.3. The molecule has 152 valence electrons. The van der Waals surface area contributed by atoms with Crippen LogP contribution in [0.4, 0.5) is 0 Å². The topological polar surface area (TPSA) is 168 Å². The average Bonchev–Trinajstić information content (AvgIpc) is 3.01. The van der Waals surface area contributed by atoms with Crippen molar-refractivity contribution in [3.8, 4) is 0 Å². The number of aliphatic hydroxyl groups is 1. The maximum Gasteiger partial charge on any atom is 1.00 e. The molecule has 0 saturated heterocycles. The fraction of sp³-hybridized carbons (Fsp3) is 0.211. The SMILES string of the molecule is Cc1oc2ncn(CC(=[N-])N=[N-])c(=O)c2c1C(N)=O.[CH2-][C@H](O)c1ccc(C)cc1.[Li+]. The monoisotopic (exact) mass is 402 g/mol. The van der Waals surface area contributed by atoms with E-state index in [4.69, 9.17) is 26.2 Å². The molecule has 0 radical (unpaired) electrons. The minimum Gasteiger partial charge on any atom is -0.842 e. The summed E-state index contributed by atoms with van der Waals surface area (Å²) < 4.78 is 6.12. The van der Waals surface area contributed by atoms with Gasteiger partial charge in [0.2, 0.25) is 5.71 Å². The number of carbonyl (C=O) groups excluding carboxylic acids is 1. The molecule has 0 saturated carbocycles. The molecule has 11 heteroatoms. The van der Waals surface area contributed by atoms with Gasteiger partial charge in [-0.15, -0.1) is 0 Å². The number of aliphatic hydroxyl groups excluding tert-OH is 1. The van der Waals surface area contributed by atoms with Crippen LogP contribution in [0.25, 0.3) is 22.0 Å². The maximum absolute atomic E-state index is 12.1. The van der Waals surface area contributed by atoms with Gasteiger partial charge in [-0.1, -0.05) is 41.2 Å². The summed E-state index contributed by atoms with van der Waals surface area (Å²) in [5.74, 6) is -1.30. The summed E-state index contributed by atoms with van der Waals surface area (Å²) in [6.45, 7) is 6.60. The molecular weight excluding hydrogens is 383 g/mol. The minimum atomic E-state index is -0.812. The van der Waals surface area contributed by atoms with E-state index >= 15 is 0 Å². The van der Waals surface area contributed by atoms with Crippen LogP contribution < -0.4 is 30.2 Å². The third-order valence-corrected chi connectivity index (χ3v) is 3.99. The molecule has 0 bridgehead atoms. The molecule has 30 heavy (non-hydrogen) atoms. The summed E-state index contributed by atoms with van der Waals surface area (Å²) >= 11 is 0. The number of nitrogens with zero attached hydrogens (tertiary/aromatic N) is 5. The molecule has 1 aromatic carbocycles. The van der Waals surface area contributed by atoms with Crippen molar-refractivity contribution in [1.82, 2.24) is 9.55 Å². The second kappa shape index (κ2) is 10.6. The van der Waals surface area contributed by atoms with Gasteiger partial charge < -0.3 is 38.2 Å². The van der Waals surface area contributed by atoms with Gasteiger partial charge in [0.15, 0.2) is 0 Å². The summed E-state index contributed by atoms with van der Waals surface area (Å²) in [6, 6.07) is 7.69. The molecule has 0 spiro atoms. The maximum atomic E-state index is 12.1. The molecule has 2 heterocycles. The van der Waals surface area contributed by atoms with Crippen LogP contribution >= 0.6 is 0 Å². The number of amidine groups is 1. The average molecular weight is 402 g/mol. The van der Waals surface area contributed by atoms with Crippen molar-refractivity contribution in [3.05, 3.63) is 81.3 Å². The first-order valence-corrected chi connectivity index (χ1v) is 8.41. The first-order valence-electron chi connectivity index (χ1n) is 8.41. The van der Waals surface area contributed by atoms with Gasteiger partial charge in [0.1, 0.15) is 17.5 Å². The number of hydrogen-bond donors (Lipinski definition) is 2. The zero-order valence-corrected chi connectivity index (χ0v) is 16.9. The van der Waals surface area contributed by atoms with Crippen molar-refractivity contribution in [2.24, 2.45) is 10.8 Å². The fourth-order valence-electron chi connectivity index (χ4n) is 2.52. The number of carbonyl (C=O) groups is 1. The molecule has 3 aromatic rings. The van der Waals surface area contributed by atoms with Crippen molar-refractivity contribution in [2.75, 3.05) is 0 Å². The van der Waals surface area contributed by atoms with Crippen LogP contribution in [0, 0.1) is 20.8 Å². The third kappa shape index (κ3) is 5.73. The molecule has 0 aliphatic carbocycles. The van der Waals surface area contributed by atoms with Crippen LogP contribution in [0.5, 0.6) is 0 Å². The van der Waals surface area contributed by atoms with Gasteiger partial charge in [-0.25, -0.2) is 4.98 Å². The van der Waals surface area contributed by atoms with E-state index in [0.29, 0.717) is 0 Å². The Hall–Kier alpha value is -3.06. The molecule has 0 aliphatic rings. The molecule has 0 aliphatic heterocycles. The Morgan fingerprint density at radius 2 is 1.97 bits per heavy atom. The van der Waals surface area contributed by atoms with Crippen molar-refractivity contribution < 1.29 is 33.2 Å². The molecular formula is C19H19LiN6O4-2. The Kier molecular flexibility index (Phi) is 8.86. The van der Waals surface area contributed by atoms with Gasteiger partial charge in [-0.3, -0.25) is 14.2 Å². The number of rotatable bonds is 4. The number of hydrogen-bond acceptors (Lipinski definition) is 5. The molecule has 0 fully saturated rings. The van der Waals surface area contributed by atoms with Crippen LogP contribution in [0.3, 0.4) is 0 Å². The van der Waals surface area contributed by atoms with Crippen LogP contribution in [-0.2, 0) is 6.54 Å². The number of benzene rings is 1. The molecule has 3 N–H and O–H groups in total. The van der Waals surface area contributed by atoms with E-state index in [2.05, 4.69) is 17.0 Å². The van der Waals surface area contributed by atoms with Gasteiger partial charge in [-0.2, -0.15) is 0 Å². The smallest absolute Gasteiger partial charge is 0.842 e. The molecule has 0 unspecified atom stereocenters. The second-order valence-electron chi connectivity index (χ2n) is 6.20. The Morgan fingerprint density at radius 3 is 2.47 bits per heavy atom. The summed E-state index contributed by atoms with van der Waals surface area (Å²) in [5, 5.41) is 20.6. The number of furan rings is 1. The van der Waals surface area contributed by atoms with Gasteiger partial charge in [0.05, 0.1) is 5.56 Å². The van der Waals surface area contributed by atoms with E-state index in [9.17, 15) is 9.59 Å². The van der Waals surface area contributed by atoms with E-state index in [1.54, 1.807) is 0 Å². The van der Waals surface area contributed by atoms with E-state index in [0.717, 1.165) is 16.5 Å². The van der Waals surface area contributed by atoms with Crippen molar-refractivity contribution in [2.45, 2.75) is 26.5 Å². The normalized spacial score (nSPS) is 11.1. The van der Waals surface area contributed by atoms with E-state index in [1.807, 2.05) is 31.2 Å². The third-order valence-electron chi connectivity index (χ3n) is 3.99. The number of primary amides is 1. The number of aromatic nitrogens is 2. The number of amides is 1. The standard InChI is InChI=1S/C10H8N6O3.C9H11O.Li/c1-4-6(8(12)17)7-9(19-4)14-3-16(10(7)18)2-5(11)15-13;1-7-3-5-9(6-4-7)8(2)10;/h3H,2H2,1H3,(H2,12,17);3-6,8,10H,2H2,1H3;/q-2;-1;+1/t;8-;/m.0./s1. The Labute approximate surface area is 184 Å². The van der Waals surface area contributed by atoms with Gasteiger partial charge in [0, 0.05) is 6.54 Å². The van der Waals surface area contributed by atoms with Crippen LogP contribution in [-0.4, -0.2) is 26.4 Å². The molecule has 1 atom stereocenters. The zero-order valence-electron chi connectivity index (χ0n) is 16.9. The van der Waals surface area contributed by atoms with Crippen molar-refractivity contribution in [3.63, 3.8) is 0 Å². The number of fused-ring (bicyclic) bond motifs is 1. The first kappa shape index (κ1) is 25.0. The second-order valence-corrected chi connectivity index (χ2v) is 6.20. The fourth-order valence-corrected chi connectivity index (χ4v) is 2.52. The first-order chi connectivity index (χ1) is 13.6. The van der Waals surface area contributed by atoms with Crippen LogP contribution in [0.2, 0.25) is 0 Å². The molecule has 3 rings (SSSR count). The van der Waals surface area contributed by atoms with Crippen molar-refractivity contribution in [1.29, 1.82) is 0 Å². The Morgan fingerprint density at radius 1 is 1.37 bits per heavy atom. The Bertz CT molecular complexity index is 1120. The Balaban J connectivity index is 0.000000348.